The molecule has 0 heterocycles. The molecule has 0 amide bonds. The highest BCUT2D eigenvalue weighted by Crippen LogP contribution is 2.26. The maximum Gasteiger partial charge on any atom is 0.343 e. The monoisotopic (exact) mass is 685 g/mol. The number of esters is 1. The second-order valence-electron chi connectivity index (χ2n) is 14.1. The van der Waals surface area contributed by atoms with E-state index in [2.05, 4.69) is 32.9 Å². The average molecular weight is 685 g/mol. The average Bonchev–Trinajstić information content (AvgIpc) is 3.15. The zero-order valence-corrected chi connectivity index (χ0v) is 31.9. The summed E-state index contributed by atoms with van der Waals surface area (Å²) < 4.78 is 17.7. The number of carbonyl (C=O) groups excluding carboxylic acids is 1. The summed E-state index contributed by atoms with van der Waals surface area (Å²) in [6.07, 6.45) is 28.0. The molecule has 0 N–H and O–H groups in total. The summed E-state index contributed by atoms with van der Waals surface area (Å²) in [5.74, 6) is 1.08. The fourth-order valence-corrected chi connectivity index (χ4v) is 6.42. The number of benzene rings is 3. The Hall–Kier alpha value is -3.11. The smallest absolute Gasteiger partial charge is 0.343 e. The van der Waals surface area contributed by atoms with Gasteiger partial charge in [0.15, 0.2) is 0 Å². The number of rotatable bonds is 29. The number of hydrogen-bond donors (Lipinski definition) is 0. The quantitative estimate of drug-likeness (QED) is 0.0415. The Morgan fingerprint density at radius 1 is 0.480 bits per heavy atom. The zero-order valence-electron chi connectivity index (χ0n) is 31.9. The number of ether oxygens (including phenoxy) is 3. The van der Waals surface area contributed by atoms with E-state index < -0.39 is 0 Å². The molecular formula is C46H68O4. The molecule has 0 aromatic heterocycles. The molecule has 1 atom stereocenters. The molecule has 50 heavy (non-hydrogen) atoms. The van der Waals surface area contributed by atoms with Crippen LogP contribution in [0.15, 0.2) is 72.8 Å². The Morgan fingerprint density at radius 2 is 0.880 bits per heavy atom. The lowest BCUT2D eigenvalue weighted by molar-refractivity contribution is 0.0626. The lowest BCUT2D eigenvalue weighted by Gasteiger charge is -2.14. The third-order valence-corrected chi connectivity index (χ3v) is 9.75. The molecule has 276 valence electrons. The maximum absolute atomic E-state index is 12.8. The van der Waals surface area contributed by atoms with Crippen molar-refractivity contribution in [3.63, 3.8) is 0 Å². The lowest BCUT2D eigenvalue weighted by Crippen LogP contribution is -2.09. The number of carbonyl (C=O) groups is 1. The Labute approximate surface area is 305 Å². The summed E-state index contributed by atoms with van der Waals surface area (Å²) in [6.45, 7) is 8.15. The topological polar surface area (TPSA) is 44.8 Å². The lowest BCUT2D eigenvalue weighted by atomic mass is 10.0. The molecule has 3 aromatic carbocycles. The molecule has 0 aliphatic rings. The molecule has 3 rings (SSSR count). The number of unbranched alkanes of at least 4 members (excludes halogenated alkanes) is 19. The minimum Gasteiger partial charge on any atom is -0.494 e. The first kappa shape index (κ1) is 41.3. The second kappa shape index (κ2) is 26.7. The van der Waals surface area contributed by atoms with Gasteiger partial charge in [0.05, 0.1) is 18.3 Å². The first-order valence-corrected chi connectivity index (χ1v) is 20.4. The van der Waals surface area contributed by atoms with Gasteiger partial charge in [-0.15, -0.1) is 0 Å². The Morgan fingerprint density at radius 3 is 1.34 bits per heavy atom. The molecule has 0 bridgehead atoms. The molecule has 0 aliphatic heterocycles. The summed E-state index contributed by atoms with van der Waals surface area (Å²) in [5.41, 5.74) is 3.77. The van der Waals surface area contributed by atoms with Crippen molar-refractivity contribution < 1.29 is 19.0 Å². The predicted molar refractivity (Wildman–Crippen MR) is 211 cm³/mol. The summed E-state index contributed by atoms with van der Waals surface area (Å²) in [4.78, 5) is 12.8. The highest BCUT2D eigenvalue weighted by Gasteiger charge is 2.12. The minimum absolute atomic E-state index is 0.00172. The summed E-state index contributed by atoms with van der Waals surface area (Å²) in [7, 11) is 0. The Kier molecular flexibility index (Phi) is 22.0. The van der Waals surface area contributed by atoms with Gasteiger partial charge >= 0.3 is 5.97 Å². The van der Waals surface area contributed by atoms with Gasteiger partial charge in [-0.2, -0.15) is 0 Å². The van der Waals surface area contributed by atoms with Gasteiger partial charge in [-0.05, 0) is 72.9 Å². The van der Waals surface area contributed by atoms with Gasteiger partial charge in [-0.25, -0.2) is 4.79 Å². The Balaban J connectivity index is 1.27. The van der Waals surface area contributed by atoms with Crippen molar-refractivity contribution in [3.8, 4) is 22.6 Å². The van der Waals surface area contributed by atoms with Crippen LogP contribution in [0.3, 0.4) is 0 Å². The van der Waals surface area contributed by atoms with E-state index in [1.807, 2.05) is 60.7 Å². The van der Waals surface area contributed by atoms with Crippen molar-refractivity contribution in [2.45, 2.75) is 162 Å². The molecule has 0 radical (unpaired) electrons. The maximum atomic E-state index is 12.8. The highest BCUT2D eigenvalue weighted by atomic mass is 16.5. The fraction of sp³-hybridized carbons (Fsp3) is 0.587. The summed E-state index contributed by atoms with van der Waals surface area (Å²) in [6, 6.07) is 23.5. The van der Waals surface area contributed by atoms with Gasteiger partial charge < -0.3 is 14.2 Å². The van der Waals surface area contributed by atoms with Crippen LogP contribution in [0.4, 0.5) is 0 Å². The normalized spacial score (nSPS) is 11.8. The molecule has 0 aliphatic carbocycles. The summed E-state index contributed by atoms with van der Waals surface area (Å²) in [5, 5.41) is 0. The summed E-state index contributed by atoms with van der Waals surface area (Å²) >= 11 is 0. The standard InChI is InChI=1S/C46H68O4/c1-4-6-8-10-12-14-15-16-17-18-20-22-24-38-49-44-33-29-41(30-34-44)42-31-35-45(36-32-42)50-46(47)43-27-25-40(26-28-43)39(3)48-37-23-21-19-13-11-9-7-5-2/h25-36,39H,4-24,37-38H2,1-3H3. The van der Waals surface area contributed by atoms with Gasteiger partial charge in [-0.1, -0.05) is 172 Å². The van der Waals surface area contributed by atoms with Crippen LogP contribution in [0.2, 0.25) is 0 Å². The van der Waals surface area contributed by atoms with Crippen LogP contribution in [-0.4, -0.2) is 19.2 Å². The fourth-order valence-electron chi connectivity index (χ4n) is 6.42. The third-order valence-electron chi connectivity index (χ3n) is 9.75. The third kappa shape index (κ3) is 17.7. The molecule has 0 spiro atoms. The van der Waals surface area contributed by atoms with Gasteiger partial charge in [0.25, 0.3) is 0 Å². The molecule has 4 heteroatoms. The van der Waals surface area contributed by atoms with E-state index in [4.69, 9.17) is 14.2 Å². The van der Waals surface area contributed by atoms with Crippen molar-refractivity contribution in [1.29, 1.82) is 0 Å². The van der Waals surface area contributed by atoms with Crippen LogP contribution in [0.25, 0.3) is 11.1 Å². The number of hydrogen-bond acceptors (Lipinski definition) is 4. The van der Waals surface area contributed by atoms with Crippen LogP contribution in [-0.2, 0) is 4.74 Å². The first-order valence-electron chi connectivity index (χ1n) is 20.4. The van der Waals surface area contributed by atoms with Crippen molar-refractivity contribution in [2.75, 3.05) is 13.2 Å². The largest absolute Gasteiger partial charge is 0.494 e. The molecule has 4 nitrogen and oxygen atoms in total. The van der Waals surface area contributed by atoms with Gasteiger partial charge in [0.1, 0.15) is 11.5 Å². The molecule has 1 unspecified atom stereocenters. The second-order valence-corrected chi connectivity index (χ2v) is 14.1. The zero-order chi connectivity index (χ0) is 35.5. The highest BCUT2D eigenvalue weighted by molar-refractivity contribution is 5.91. The van der Waals surface area contributed by atoms with Crippen LogP contribution in [0.1, 0.15) is 178 Å². The molecule has 3 aromatic rings. The van der Waals surface area contributed by atoms with E-state index in [0.717, 1.165) is 48.5 Å². The SMILES string of the molecule is CCCCCCCCCCCCCCCOc1ccc(-c2ccc(OC(=O)c3ccc(C(C)OCCCCCCCCCC)cc3)cc2)cc1. The van der Waals surface area contributed by atoms with E-state index in [0.29, 0.717) is 11.3 Å². The van der Waals surface area contributed by atoms with E-state index in [-0.39, 0.29) is 12.1 Å². The molecular weight excluding hydrogens is 617 g/mol. The van der Waals surface area contributed by atoms with Crippen molar-refractivity contribution in [1.82, 2.24) is 0 Å². The van der Waals surface area contributed by atoms with E-state index in [1.165, 1.54) is 122 Å². The van der Waals surface area contributed by atoms with Crippen LogP contribution >= 0.6 is 0 Å². The van der Waals surface area contributed by atoms with E-state index in [9.17, 15) is 4.79 Å². The van der Waals surface area contributed by atoms with Crippen LogP contribution in [0.5, 0.6) is 11.5 Å². The van der Waals surface area contributed by atoms with Gasteiger partial charge in [-0.3, -0.25) is 0 Å². The van der Waals surface area contributed by atoms with Crippen LogP contribution < -0.4 is 9.47 Å². The van der Waals surface area contributed by atoms with Crippen molar-refractivity contribution in [3.05, 3.63) is 83.9 Å². The van der Waals surface area contributed by atoms with E-state index >= 15 is 0 Å². The van der Waals surface area contributed by atoms with Gasteiger partial charge in [0.2, 0.25) is 0 Å². The van der Waals surface area contributed by atoms with E-state index in [1.54, 1.807) is 0 Å². The van der Waals surface area contributed by atoms with Crippen molar-refractivity contribution in [2.24, 2.45) is 0 Å². The molecule has 0 saturated carbocycles. The Bertz CT molecular complexity index is 1250. The molecule has 0 fully saturated rings. The van der Waals surface area contributed by atoms with Gasteiger partial charge in [0, 0.05) is 6.61 Å². The minimum atomic E-state index is -0.359. The first-order chi connectivity index (χ1) is 24.6. The predicted octanol–water partition coefficient (Wildman–Crippen LogP) is 14.3. The molecule has 0 saturated heterocycles. The van der Waals surface area contributed by atoms with Crippen LogP contribution in [0, 0.1) is 0 Å². The van der Waals surface area contributed by atoms with Crippen molar-refractivity contribution >= 4 is 5.97 Å².